The third-order valence-corrected chi connectivity index (χ3v) is 5.11. The molecule has 0 aromatic heterocycles. The van der Waals surface area contributed by atoms with E-state index < -0.39 is 11.9 Å². The van der Waals surface area contributed by atoms with E-state index >= 15 is 0 Å². The molecule has 1 atom stereocenters. The molecule has 1 aliphatic rings. The molecule has 1 unspecified atom stereocenters. The number of methoxy groups -OCH3 is 1. The van der Waals surface area contributed by atoms with Crippen molar-refractivity contribution in [3.8, 4) is 0 Å². The molecular weight excluding hydrogens is 368 g/mol. The highest BCUT2D eigenvalue weighted by Crippen LogP contribution is 2.27. The average molecular weight is 394 g/mol. The zero-order valence-electron chi connectivity index (χ0n) is 17.2. The van der Waals surface area contributed by atoms with E-state index in [9.17, 15) is 14.4 Å². The second-order valence-corrected chi connectivity index (χ2v) is 8.26. The van der Waals surface area contributed by atoms with Crippen LogP contribution in [-0.4, -0.2) is 31.4 Å². The third-order valence-electron chi connectivity index (χ3n) is 5.11. The van der Waals surface area contributed by atoms with Gasteiger partial charge < -0.3 is 15.0 Å². The largest absolute Gasteiger partial charge is 0.465 e. The van der Waals surface area contributed by atoms with E-state index in [1.54, 1.807) is 29.2 Å². The Balaban J connectivity index is 1.65. The number of nitrogens with one attached hydrogen (secondary N) is 1. The van der Waals surface area contributed by atoms with Gasteiger partial charge in [0.1, 0.15) is 0 Å². The Hall–Kier alpha value is -3.15. The van der Waals surface area contributed by atoms with E-state index in [1.807, 2.05) is 24.3 Å². The van der Waals surface area contributed by atoms with Gasteiger partial charge in [0.2, 0.25) is 11.8 Å². The lowest BCUT2D eigenvalue weighted by molar-refractivity contribution is -0.122. The maximum Gasteiger partial charge on any atom is 0.337 e. The van der Waals surface area contributed by atoms with E-state index in [0.717, 1.165) is 5.69 Å². The van der Waals surface area contributed by atoms with Crippen LogP contribution in [0.15, 0.2) is 48.5 Å². The molecule has 2 aromatic carbocycles. The van der Waals surface area contributed by atoms with Crippen LogP contribution in [0.5, 0.6) is 0 Å². The van der Waals surface area contributed by atoms with Crippen molar-refractivity contribution < 1.29 is 19.1 Å². The number of hydrogen-bond acceptors (Lipinski definition) is 4. The van der Waals surface area contributed by atoms with Crippen LogP contribution in [0.2, 0.25) is 0 Å². The molecule has 1 saturated heterocycles. The Labute approximate surface area is 170 Å². The van der Waals surface area contributed by atoms with Crippen LogP contribution in [0.3, 0.4) is 0 Å². The highest BCUT2D eigenvalue weighted by atomic mass is 16.5. The van der Waals surface area contributed by atoms with Crippen molar-refractivity contribution >= 4 is 29.2 Å². The minimum Gasteiger partial charge on any atom is -0.465 e. The fraction of sp³-hybridized carbons (Fsp3) is 0.348. The number of anilines is 2. The average Bonchev–Trinajstić information content (AvgIpc) is 3.09. The summed E-state index contributed by atoms with van der Waals surface area (Å²) in [4.78, 5) is 38.2. The van der Waals surface area contributed by atoms with Gasteiger partial charge in [0, 0.05) is 24.3 Å². The van der Waals surface area contributed by atoms with Crippen LogP contribution < -0.4 is 10.2 Å². The van der Waals surface area contributed by atoms with E-state index in [2.05, 4.69) is 30.8 Å². The standard InChI is InChI=1S/C23H26N2O4/c1-23(2,3)17-7-9-18(10-8-17)24-21(27)16-13-20(26)25(14-16)19-11-5-15(6-12-19)22(28)29-4/h5-12,16H,13-14H2,1-4H3,(H,24,27). The normalized spacial score (nSPS) is 16.6. The minimum absolute atomic E-state index is 0.0460. The van der Waals surface area contributed by atoms with Crippen LogP contribution in [0.25, 0.3) is 0 Å². The van der Waals surface area contributed by atoms with Crippen molar-refractivity contribution in [2.24, 2.45) is 5.92 Å². The summed E-state index contributed by atoms with van der Waals surface area (Å²) in [6.45, 7) is 6.72. The molecule has 1 heterocycles. The fourth-order valence-corrected chi connectivity index (χ4v) is 3.33. The molecule has 1 aliphatic heterocycles. The van der Waals surface area contributed by atoms with Crippen molar-refractivity contribution in [1.82, 2.24) is 0 Å². The molecule has 0 bridgehead atoms. The molecule has 0 radical (unpaired) electrons. The highest BCUT2D eigenvalue weighted by Gasteiger charge is 2.35. The molecular formula is C23H26N2O4. The number of ether oxygens (including phenoxy) is 1. The van der Waals surface area contributed by atoms with E-state index in [1.165, 1.54) is 12.7 Å². The molecule has 2 aromatic rings. The first kappa shape index (κ1) is 20.6. The minimum atomic E-state index is -0.431. The van der Waals surface area contributed by atoms with Gasteiger partial charge in [-0.2, -0.15) is 0 Å². The first-order valence-electron chi connectivity index (χ1n) is 9.59. The van der Waals surface area contributed by atoms with Gasteiger partial charge in [-0.1, -0.05) is 32.9 Å². The highest BCUT2D eigenvalue weighted by molar-refractivity contribution is 6.03. The number of benzene rings is 2. The summed E-state index contributed by atoms with van der Waals surface area (Å²) in [5.41, 5.74) is 3.03. The van der Waals surface area contributed by atoms with Crippen LogP contribution in [0, 0.1) is 5.92 Å². The van der Waals surface area contributed by atoms with Crippen molar-refractivity contribution in [2.45, 2.75) is 32.6 Å². The molecule has 0 aliphatic carbocycles. The van der Waals surface area contributed by atoms with Gasteiger partial charge in [0.15, 0.2) is 0 Å². The predicted molar refractivity (Wildman–Crippen MR) is 112 cm³/mol. The monoisotopic (exact) mass is 394 g/mol. The van der Waals surface area contributed by atoms with Crippen LogP contribution in [-0.2, 0) is 19.7 Å². The van der Waals surface area contributed by atoms with Gasteiger partial charge >= 0.3 is 5.97 Å². The van der Waals surface area contributed by atoms with E-state index in [0.29, 0.717) is 17.8 Å². The second-order valence-electron chi connectivity index (χ2n) is 8.26. The van der Waals surface area contributed by atoms with Gasteiger partial charge in [0.05, 0.1) is 18.6 Å². The predicted octanol–water partition coefficient (Wildman–Crippen LogP) is 3.76. The summed E-state index contributed by atoms with van der Waals surface area (Å²) in [5.74, 6) is -1.14. The number of rotatable bonds is 4. The number of carbonyl (C=O) groups excluding carboxylic acids is 3. The van der Waals surface area contributed by atoms with Gasteiger partial charge in [-0.3, -0.25) is 9.59 Å². The molecule has 152 valence electrons. The van der Waals surface area contributed by atoms with E-state index in [-0.39, 0.29) is 23.7 Å². The first-order valence-corrected chi connectivity index (χ1v) is 9.59. The second kappa shape index (κ2) is 8.07. The summed E-state index contributed by atoms with van der Waals surface area (Å²) in [7, 11) is 1.32. The van der Waals surface area contributed by atoms with Crippen LogP contribution >= 0.6 is 0 Å². The Morgan fingerprint density at radius 1 is 1.03 bits per heavy atom. The smallest absolute Gasteiger partial charge is 0.337 e. The van der Waals surface area contributed by atoms with Gasteiger partial charge in [-0.05, 0) is 47.4 Å². The molecule has 6 nitrogen and oxygen atoms in total. The lowest BCUT2D eigenvalue weighted by Crippen LogP contribution is -2.28. The molecule has 6 heteroatoms. The summed E-state index contributed by atoms with van der Waals surface area (Å²) < 4.78 is 4.68. The number of hydrogen-bond donors (Lipinski definition) is 1. The molecule has 29 heavy (non-hydrogen) atoms. The maximum absolute atomic E-state index is 12.7. The van der Waals surface area contributed by atoms with Gasteiger partial charge in [0.25, 0.3) is 0 Å². The van der Waals surface area contributed by atoms with Crippen molar-refractivity contribution in [1.29, 1.82) is 0 Å². The zero-order chi connectivity index (χ0) is 21.2. The van der Waals surface area contributed by atoms with Crippen molar-refractivity contribution in [3.63, 3.8) is 0 Å². The Bertz CT molecular complexity index is 911. The lowest BCUT2D eigenvalue weighted by Gasteiger charge is -2.19. The van der Waals surface area contributed by atoms with Crippen molar-refractivity contribution in [3.05, 3.63) is 59.7 Å². The SMILES string of the molecule is COC(=O)c1ccc(N2CC(C(=O)Nc3ccc(C(C)(C)C)cc3)CC2=O)cc1. The molecule has 0 saturated carbocycles. The molecule has 3 rings (SSSR count). The number of nitrogens with zero attached hydrogens (tertiary/aromatic N) is 1. The molecule has 1 fully saturated rings. The quantitative estimate of drug-likeness (QED) is 0.801. The summed E-state index contributed by atoms with van der Waals surface area (Å²) in [6.07, 6.45) is 0.157. The van der Waals surface area contributed by atoms with Crippen LogP contribution in [0.1, 0.15) is 43.1 Å². The third kappa shape index (κ3) is 4.65. The van der Waals surface area contributed by atoms with Gasteiger partial charge in [-0.15, -0.1) is 0 Å². The fourth-order valence-electron chi connectivity index (χ4n) is 3.33. The number of esters is 1. The number of amides is 2. The maximum atomic E-state index is 12.7. The molecule has 0 spiro atoms. The topological polar surface area (TPSA) is 75.7 Å². The Morgan fingerprint density at radius 2 is 1.66 bits per heavy atom. The first-order chi connectivity index (χ1) is 13.7. The Morgan fingerprint density at radius 3 is 2.21 bits per heavy atom. The van der Waals surface area contributed by atoms with Gasteiger partial charge in [-0.25, -0.2) is 4.79 Å². The van der Waals surface area contributed by atoms with Crippen LogP contribution in [0.4, 0.5) is 11.4 Å². The Kier molecular flexibility index (Phi) is 5.73. The summed E-state index contributed by atoms with van der Waals surface area (Å²) in [5, 5.41) is 2.91. The summed E-state index contributed by atoms with van der Waals surface area (Å²) >= 11 is 0. The van der Waals surface area contributed by atoms with Crippen molar-refractivity contribution in [2.75, 3.05) is 23.9 Å². The summed E-state index contributed by atoms with van der Waals surface area (Å²) in [6, 6.07) is 14.4. The zero-order valence-corrected chi connectivity index (χ0v) is 17.2. The number of carbonyl (C=O) groups is 3. The molecule has 2 amide bonds. The lowest BCUT2D eigenvalue weighted by atomic mass is 9.87. The molecule has 1 N–H and O–H groups in total. The van der Waals surface area contributed by atoms with E-state index in [4.69, 9.17) is 0 Å².